The molecule has 5 heteroatoms. The molecule has 5 nitrogen and oxygen atoms in total. The van der Waals surface area contributed by atoms with Crippen LogP contribution in [0, 0.1) is 13.8 Å². The van der Waals surface area contributed by atoms with Gasteiger partial charge >= 0.3 is 0 Å². The SMILES string of the molecule is CC(=O)c1c(C)cn(C[C@H](O)C[NH+]2CC[NH2+]CC2)c1C. The fourth-order valence-electron chi connectivity index (χ4n) is 3.26. The van der Waals surface area contributed by atoms with Crippen LogP contribution < -0.4 is 10.2 Å². The third-order valence-electron chi connectivity index (χ3n) is 4.22. The molecule has 1 aliphatic heterocycles. The summed E-state index contributed by atoms with van der Waals surface area (Å²) < 4.78 is 2.02. The van der Waals surface area contributed by atoms with Gasteiger partial charge in [0.05, 0.1) is 6.54 Å². The second-order valence-electron chi connectivity index (χ2n) is 5.96. The first-order valence-electron chi connectivity index (χ1n) is 7.49. The molecule has 0 radical (unpaired) electrons. The molecule has 0 aromatic carbocycles. The highest BCUT2D eigenvalue weighted by Crippen LogP contribution is 2.17. The average molecular weight is 281 g/mol. The summed E-state index contributed by atoms with van der Waals surface area (Å²) in [6, 6.07) is 0. The van der Waals surface area contributed by atoms with Crippen LogP contribution in [0.15, 0.2) is 6.20 Å². The van der Waals surface area contributed by atoms with E-state index in [1.54, 1.807) is 6.92 Å². The molecule has 1 aromatic heterocycles. The van der Waals surface area contributed by atoms with Crippen LogP contribution in [0.4, 0.5) is 0 Å². The Morgan fingerprint density at radius 1 is 1.45 bits per heavy atom. The molecule has 20 heavy (non-hydrogen) atoms. The lowest BCUT2D eigenvalue weighted by molar-refractivity contribution is -0.949. The maximum Gasteiger partial charge on any atom is 0.161 e. The number of aromatic nitrogens is 1. The number of hydrogen-bond donors (Lipinski definition) is 3. The molecular weight excluding hydrogens is 254 g/mol. The van der Waals surface area contributed by atoms with E-state index in [1.165, 1.54) is 4.90 Å². The molecule has 0 aliphatic carbocycles. The van der Waals surface area contributed by atoms with Crippen molar-refractivity contribution in [3.05, 3.63) is 23.0 Å². The van der Waals surface area contributed by atoms with Crippen LogP contribution >= 0.6 is 0 Å². The van der Waals surface area contributed by atoms with Gasteiger partial charge in [-0.25, -0.2) is 0 Å². The summed E-state index contributed by atoms with van der Waals surface area (Å²) in [6.07, 6.45) is 1.63. The molecule has 4 N–H and O–H groups in total. The number of rotatable bonds is 5. The van der Waals surface area contributed by atoms with Gasteiger partial charge in [0.15, 0.2) is 5.78 Å². The zero-order valence-corrected chi connectivity index (χ0v) is 12.8. The van der Waals surface area contributed by atoms with Gasteiger partial charge in [0.2, 0.25) is 0 Å². The smallest absolute Gasteiger partial charge is 0.161 e. The van der Waals surface area contributed by atoms with E-state index in [0.717, 1.165) is 49.5 Å². The number of hydrogen-bond acceptors (Lipinski definition) is 2. The van der Waals surface area contributed by atoms with E-state index in [4.69, 9.17) is 0 Å². The van der Waals surface area contributed by atoms with Gasteiger partial charge in [-0.1, -0.05) is 0 Å². The first-order valence-corrected chi connectivity index (χ1v) is 7.49. The van der Waals surface area contributed by atoms with E-state index >= 15 is 0 Å². The highest BCUT2D eigenvalue weighted by molar-refractivity contribution is 5.96. The van der Waals surface area contributed by atoms with Crippen molar-refractivity contribution in [3.63, 3.8) is 0 Å². The van der Waals surface area contributed by atoms with Crippen LogP contribution in [-0.2, 0) is 6.54 Å². The highest BCUT2D eigenvalue weighted by Gasteiger charge is 2.21. The van der Waals surface area contributed by atoms with E-state index in [1.807, 2.05) is 24.6 Å². The number of carbonyl (C=O) groups is 1. The molecule has 2 rings (SSSR count). The summed E-state index contributed by atoms with van der Waals surface area (Å²) in [6.45, 7) is 11.4. The summed E-state index contributed by atoms with van der Waals surface area (Å²) in [5.41, 5.74) is 2.77. The number of nitrogens with zero attached hydrogens (tertiary/aromatic N) is 1. The number of nitrogens with one attached hydrogen (secondary N) is 1. The average Bonchev–Trinajstić information content (AvgIpc) is 2.65. The summed E-state index contributed by atoms with van der Waals surface area (Å²) >= 11 is 0. The molecule has 1 saturated heterocycles. The van der Waals surface area contributed by atoms with Gasteiger partial charge in [-0.15, -0.1) is 0 Å². The first kappa shape index (κ1) is 15.2. The van der Waals surface area contributed by atoms with Gasteiger partial charge < -0.3 is 19.9 Å². The molecule has 112 valence electrons. The Bertz CT molecular complexity index is 476. The van der Waals surface area contributed by atoms with Gasteiger partial charge in [-0.3, -0.25) is 4.79 Å². The van der Waals surface area contributed by atoms with Crippen LogP contribution in [0.25, 0.3) is 0 Å². The number of Topliss-reactive ketones (excluding diaryl/α,β-unsaturated/α-hetero) is 1. The maximum atomic E-state index is 11.6. The van der Waals surface area contributed by atoms with Crippen molar-refractivity contribution in [3.8, 4) is 0 Å². The fourth-order valence-corrected chi connectivity index (χ4v) is 3.26. The Kier molecular flexibility index (Phi) is 4.96. The molecule has 1 fully saturated rings. The molecule has 1 aliphatic rings. The van der Waals surface area contributed by atoms with E-state index in [2.05, 4.69) is 5.32 Å². The molecule has 0 unspecified atom stereocenters. The van der Waals surface area contributed by atoms with Gasteiger partial charge in [-0.2, -0.15) is 0 Å². The van der Waals surface area contributed by atoms with E-state index in [0.29, 0.717) is 6.54 Å². The van der Waals surface area contributed by atoms with Crippen molar-refractivity contribution in [1.82, 2.24) is 4.57 Å². The van der Waals surface area contributed by atoms with Crippen molar-refractivity contribution < 1.29 is 20.1 Å². The van der Waals surface area contributed by atoms with Crippen LogP contribution in [0.1, 0.15) is 28.5 Å². The number of carbonyl (C=O) groups excluding carboxylic acids is 1. The van der Waals surface area contributed by atoms with Crippen molar-refractivity contribution in [1.29, 1.82) is 0 Å². The Labute approximate surface area is 120 Å². The Balaban J connectivity index is 1.98. The van der Waals surface area contributed by atoms with Gasteiger partial charge in [0.1, 0.15) is 38.8 Å². The quantitative estimate of drug-likeness (QED) is 0.554. The van der Waals surface area contributed by atoms with E-state index in [9.17, 15) is 9.90 Å². The van der Waals surface area contributed by atoms with Crippen molar-refractivity contribution in [2.45, 2.75) is 33.4 Å². The molecule has 2 heterocycles. The number of quaternary nitrogens is 2. The largest absolute Gasteiger partial charge is 0.385 e. The first-order chi connectivity index (χ1) is 9.49. The standard InChI is InChI=1S/C15H25N3O2/c1-11-8-18(12(2)15(11)13(3)19)10-14(20)9-17-6-4-16-5-7-17/h8,14,16,20H,4-7,9-10H2,1-3H3/p+2/t14-/m1/s1. The predicted octanol–water partition coefficient (Wildman–Crippen LogP) is -1.87. The summed E-state index contributed by atoms with van der Waals surface area (Å²) in [5, 5.41) is 12.6. The lowest BCUT2D eigenvalue weighted by Crippen LogP contribution is -3.21. The lowest BCUT2D eigenvalue weighted by Gasteiger charge is -2.24. The Morgan fingerprint density at radius 2 is 2.10 bits per heavy atom. The number of aryl methyl sites for hydroxylation is 1. The maximum absolute atomic E-state index is 11.6. The topological polar surface area (TPSA) is 63.3 Å². The third kappa shape index (κ3) is 3.48. The minimum absolute atomic E-state index is 0.102. The van der Waals surface area contributed by atoms with Crippen LogP contribution in [-0.4, -0.2) is 54.3 Å². The lowest BCUT2D eigenvalue weighted by atomic mass is 10.1. The molecule has 1 aromatic rings. The molecule has 0 amide bonds. The molecule has 0 saturated carbocycles. The monoisotopic (exact) mass is 281 g/mol. The van der Waals surface area contributed by atoms with Gasteiger partial charge in [0.25, 0.3) is 0 Å². The minimum atomic E-state index is -0.353. The number of ketones is 1. The Hall–Kier alpha value is -1.17. The van der Waals surface area contributed by atoms with Gasteiger partial charge in [0, 0.05) is 17.5 Å². The number of piperazine rings is 1. The molecule has 0 bridgehead atoms. The van der Waals surface area contributed by atoms with E-state index in [-0.39, 0.29) is 11.9 Å². The second kappa shape index (κ2) is 6.52. The van der Waals surface area contributed by atoms with Crippen molar-refractivity contribution in [2.75, 3.05) is 32.7 Å². The van der Waals surface area contributed by atoms with Crippen molar-refractivity contribution in [2.24, 2.45) is 0 Å². The summed E-state index contributed by atoms with van der Waals surface area (Å²) in [5.74, 6) is 0.102. The zero-order chi connectivity index (χ0) is 14.7. The predicted molar refractivity (Wildman–Crippen MR) is 77.1 cm³/mol. The fraction of sp³-hybridized carbons (Fsp3) is 0.667. The zero-order valence-electron chi connectivity index (χ0n) is 12.8. The van der Waals surface area contributed by atoms with Crippen LogP contribution in [0.2, 0.25) is 0 Å². The van der Waals surface area contributed by atoms with Crippen molar-refractivity contribution >= 4 is 5.78 Å². The second-order valence-corrected chi connectivity index (χ2v) is 5.96. The third-order valence-corrected chi connectivity index (χ3v) is 4.22. The minimum Gasteiger partial charge on any atom is -0.385 e. The number of aliphatic hydroxyl groups is 1. The summed E-state index contributed by atoms with van der Waals surface area (Å²) in [4.78, 5) is 13.1. The van der Waals surface area contributed by atoms with Gasteiger partial charge in [-0.05, 0) is 26.3 Å². The molecular formula is C15H27N3O2+2. The van der Waals surface area contributed by atoms with E-state index < -0.39 is 0 Å². The highest BCUT2D eigenvalue weighted by atomic mass is 16.3. The molecule has 1 atom stereocenters. The Morgan fingerprint density at radius 3 is 2.65 bits per heavy atom. The normalized spacial score (nSPS) is 18.2. The van der Waals surface area contributed by atoms with Crippen LogP contribution in [0.5, 0.6) is 0 Å². The summed E-state index contributed by atoms with van der Waals surface area (Å²) in [7, 11) is 0. The van der Waals surface area contributed by atoms with Crippen LogP contribution in [0.3, 0.4) is 0 Å². The molecule has 0 spiro atoms. The number of nitrogens with two attached hydrogens (primary N) is 1. The number of aliphatic hydroxyl groups excluding tert-OH is 1.